The summed E-state index contributed by atoms with van der Waals surface area (Å²) in [6.45, 7) is 0. The molecule has 27 heavy (non-hydrogen) atoms. The minimum Gasteiger partial charge on any atom is -0.149 e. The molecule has 4 aromatic carbocycles. The van der Waals surface area contributed by atoms with E-state index in [1.807, 2.05) is 18.2 Å². The lowest BCUT2D eigenvalue weighted by atomic mass is 10.1. The van der Waals surface area contributed by atoms with Gasteiger partial charge in [-0.05, 0) is 38.8 Å². The molecule has 0 amide bonds. The standard InChI is InChI=1S/C24H18BrClSi/c25-20-11-9-10-19(18-20)23-16-7-8-17-24(23)27(26,21-12-3-1-4-13-21)22-14-5-2-6-15-22/h1-18H. The molecule has 0 unspecified atom stereocenters. The summed E-state index contributed by atoms with van der Waals surface area (Å²) in [5, 5.41) is 3.60. The molecule has 0 atom stereocenters. The fraction of sp³-hybridized carbons (Fsp3) is 0. The summed E-state index contributed by atoms with van der Waals surface area (Å²) in [4.78, 5) is 0. The second kappa shape index (κ2) is 7.85. The molecule has 0 nitrogen and oxygen atoms in total. The average Bonchev–Trinajstić information content (AvgIpc) is 2.74. The maximum absolute atomic E-state index is 7.64. The Morgan fingerprint density at radius 1 is 0.593 bits per heavy atom. The van der Waals surface area contributed by atoms with E-state index in [0.29, 0.717) is 0 Å². The van der Waals surface area contributed by atoms with Gasteiger partial charge in [-0.2, -0.15) is 0 Å². The van der Waals surface area contributed by atoms with Crippen molar-refractivity contribution in [2.75, 3.05) is 0 Å². The third-order valence-corrected chi connectivity index (χ3v) is 10.6. The number of hydrogen-bond donors (Lipinski definition) is 0. The Kier molecular flexibility index (Phi) is 5.30. The highest BCUT2D eigenvalue weighted by molar-refractivity contribution is 9.10. The van der Waals surface area contributed by atoms with E-state index >= 15 is 0 Å². The molecule has 0 spiro atoms. The van der Waals surface area contributed by atoms with Crippen molar-refractivity contribution in [3.63, 3.8) is 0 Å². The zero-order chi connectivity index (χ0) is 18.7. The van der Waals surface area contributed by atoms with Crippen molar-refractivity contribution >= 4 is 50.0 Å². The van der Waals surface area contributed by atoms with Gasteiger partial charge >= 0.3 is 0 Å². The zero-order valence-corrected chi connectivity index (χ0v) is 18.0. The summed E-state index contributed by atoms with van der Waals surface area (Å²) < 4.78 is 1.07. The Balaban J connectivity index is 2.01. The molecule has 0 bridgehead atoms. The van der Waals surface area contributed by atoms with Crippen LogP contribution in [0.4, 0.5) is 0 Å². The topological polar surface area (TPSA) is 0 Å². The van der Waals surface area contributed by atoms with Gasteiger partial charge in [0, 0.05) is 4.47 Å². The van der Waals surface area contributed by atoms with E-state index in [2.05, 4.69) is 107 Å². The van der Waals surface area contributed by atoms with Gasteiger partial charge in [0.2, 0.25) is 7.38 Å². The molecule has 4 rings (SSSR count). The summed E-state index contributed by atoms with van der Waals surface area (Å²) in [7, 11) is -2.67. The molecule has 0 aromatic heterocycles. The predicted octanol–water partition coefficient (Wildman–Crippen LogP) is 5.32. The molecular formula is C24H18BrClSi. The van der Waals surface area contributed by atoms with Gasteiger partial charge in [0.15, 0.2) is 0 Å². The number of hydrogen-bond acceptors (Lipinski definition) is 0. The van der Waals surface area contributed by atoms with Crippen LogP contribution in [0, 0.1) is 0 Å². The van der Waals surface area contributed by atoms with Crippen molar-refractivity contribution in [1.82, 2.24) is 0 Å². The van der Waals surface area contributed by atoms with E-state index in [1.54, 1.807) is 0 Å². The molecule has 0 aliphatic rings. The van der Waals surface area contributed by atoms with Gasteiger partial charge < -0.3 is 0 Å². The third kappa shape index (κ3) is 3.53. The van der Waals surface area contributed by atoms with Crippen LogP contribution in [0.2, 0.25) is 0 Å². The van der Waals surface area contributed by atoms with Crippen LogP contribution >= 0.6 is 27.0 Å². The first kappa shape index (κ1) is 18.2. The number of benzene rings is 4. The second-order valence-electron chi connectivity index (χ2n) is 6.45. The van der Waals surface area contributed by atoms with Crippen LogP contribution in [-0.2, 0) is 0 Å². The van der Waals surface area contributed by atoms with Crippen molar-refractivity contribution in [3.05, 3.63) is 114 Å². The molecule has 0 saturated carbocycles. The average molecular weight is 450 g/mol. The van der Waals surface area contributed by atoms with E-state index < -0.39 is 7.38 Å². The second-order valence-corrected chi connectivity index (χ2v) is 12.1. The molecule has 0 N–H and O–H groups in total. The lowest BCUT2D eigenvalue weighted by Crippen LogP contribution is -2.63. The summed E-state index contributed by atoms with van der Waals surface area (Å²) >= 11 is 11.2. The molecule has 0 aliphatic carbocycles. The minimum atomic E-state index is -2.67. The number of rotatable bonds is 4. The zero-order valence-electron chi connectivity index (χ0n) is 14.6. The molecule has 3 heteroatoms. The Bertz CT molecular complexity index is 1010. The monoisotopic (exact) mass is 448 g/mol. The Morgan fingerprint density at radius 3 is 1.74 bits per heavy atom. The third-order valence-electron chi connectivity index (χ3n) is 4.78. The molecule has 132 valence electrons. The van der Waals surface area contributed by atoms with Gasteiger partial charge in [0.25, 0.3) is 0 Å². The van der Waals surface area contributed by atoms with Crippen molar-refractivity contribution in [2.45, 2.75) is 0 Å². The van der Waals surface area contributed by atoms with E-state index in [-0.39, 0.29) is 0 Å². The molecule has 0 radical (unpaired) electrons. The van der Waals surface area contributed by atoms with Crippen LogP contribution in [0.1, 0.15) is 0 Å². The van der Waals surface area contributed by atoms with Crippen LogP contribution in [-0.4, -0.2) is 7.38 Å². The van der Waals surface area contributed by atoms with Crippen LogP contribution in [0.25, 0.3) is 11.1 Å². The highest BCUT2D eigenvalue weighted by Gasteiger charge is 2.39. The summed E-state index contributed by atoms with van der Waals surface area (Å²) in [5.41, 5.74) is 2.36. The fourth-order valence-electron chi connectivity index (χ4n) is 3.50. The molecule has 0 saturated heterocycles. The quantitative estimate of drug-likeness (QED) is 0.225. The molecule has 0 heterocycles. The number of halogens is 2. The Morgan fingerprint density at radius 2 is 1.15 bits per heavy atom. The van der Waals surface area contributed by atoms with E-state index in [9.17, 15) is 0 Å². The van der Waals surface area contributed by atoms with Gasteiger partial charge in [-0.25, -0.2) is 0 Å². The van der Waals surface area contributed by atoms with E-state index in [1.165, 1.54) is 26.7 Å². The van der Waals surface area contributed by atoms with E-state index in [4.69, 9.17) is 11.1 Å². The van der Waals surface area contributed by atoms with Gasteiger partial charge in [-0.15, -0.1) is 11.1 Å². The van der Waals surface area contributed by atoms with Crippen LogP contribution in [0.3, 0.4) is 0 Å². The van der Waals surface area contributed by atoms with Crippen LogP contribution < -0.4 is 15.6 Å². The smallest absolute Gasteiger partial charge is 0.149 e. The van der Waals surface area contributed by atoms with Crippen LogP contribution in [0.15, 0.2) is 114 Å². The van der Waals surface area contributed by atoms with Crippen molar-refractivity contribution < 1.29 is 0 Å². The first-order chi connectivity index (χ1) is 13.2. The normalized spacial score (nSPS) is 11.3. The largest absolute Gasteiger partial charge is 0.248 e. The van der Waals surface area contributed by atoms with Crippen LogP contribution in [0.5, 0.6) is 0 Å². The van der Waals surface area contributed by atoms with E-state index in [0.717, 1.165) is 4.47 Å². The lowest BCUT2D eigenvalue weighted by Gasteiger charge is -2.28. The summed E-state index contributed by atoms with van der Waals surface area (Å²) in [6.07, 6.45) is 0. The van der Waals surface area contributed by atoms with Crippen molar-refractivity contribution in [3.8, 4) is 11.1 Å². The summed E-state index contributed by atoms with van der Waals surface area (Å²) in [6, 6.07) is 38.0. The Hall–Kier alpha value is -2.13. The minimum absolute atomic E-state index is 1.07. The maximum atomic E-state index is 7.64. The highest BCUT2D eigenvalue weighted by Crippen LogP contribution is 2.25. The Labute approximate surface area is 174 Å². The van der Waals surface area contributed by atoms with Gasteiger partial charge in [0.1, 0.15) is 0 Å². The van der Waals surface area contributed by atoms with Gasteiger partial charge in [-0.1, -0.05) is 113 Å². The fourth-order valence-corrected chi connectivity index (χ4v) is 8.34. The SMILES string of the molecule is Cl[Si](c1ccccc1)(c1ccccc1)c1ccccc1-c1cccc(Br)c1. The van der Waals surface area contributed by atoms with Crippen molar-refractivity contribution in [2.24, 2.45) is 0 Å². The van der Waals surface area contributed by atoms with Crippen molar-refractivity contribution in [1.29, 1.82) is 0 Å². The van der Waals surface area contributed by atoms with Gasteiger partial charge in [-0.3, -0.25) is 0 Å². The molecule has 0 aliphatic heterocycles. The summed E-state index contributed by atoms with van der Waals surface area (Å²) in [5.74, 6) is 0. The first-order valence-corrected chi connectivity index (χ1v) is 12.7. The lowest BCUT2D eigenvalue weighted by molar-refractivity contribution is 1.61. The first-order valence-electron chi connectivity index (χ1n) is 8.85. The highest BCUT2D eigenvalue weighted by atomic mass is 79.9. The molecule has 0 fully saturated rings. The molecular weight excluding hydrogens is 432 g/mol. The predicted molar refractivity (Wildman–Crippen MR) is 123 cm³/mol. The molecule has 4 aromatic rings. The van der Waals surface area contributed by atoms with Gasteiger partial charge in [0.05, 0.1) is 0 Å². The maximum Gasteiger partial charge on any atom is 0.248 e.